The monoisotopic (exact) mass is 389 g/mol. The summed E-state index contributed by atoms with van der Waals surface area (Å²) >= 11 is 6.02. The zero-order chi connectivity index (χ0) is 19.7. The highest BCUT2D eigenvalue weighted by Crippen LogP contribution is 2.30. The van der Waals surface area contributed by atoms with Crippen LogP contribution in [-0.4, -0.2) is 45.7 Å². The highest BCUT2D eigenvalue weighted by molar-refractivity contribution is 6.29. The van der Waals surface area contributed by atoms with Crippen molar-refractivity contribution >= 4 is 17.4 Å². The van der Waals surface area contributed by atoms with E-state index in [9.17, 15) is 0 Å². The van der Waals surface area contributed by atoms with Crippen LogP contribution in [0.1, 0.15) is 52.4 Å². The summed E-state index contributed by atoms with van der Waals surface area (Å²) in [5.41, 5.74) is 1.66. The van der Waals surface area contributed by atoms with Gasteiger partial charge in [0.2, 0.25) is 0 Å². The van der Waals surface area contributed by atoms with Crippen molar-refractivity contribution in [3.05, 3.63) is 41.3 Å². The SMILES string of the molecule is CC(C)(C)c1cncc(N2CCOC(CC(C)(C)c3cncc(Cl)n3)C2)n1. The predicted molar refractivity (Wildman–Crippen MR) is 107 cm³/mol. The van der Waals surface area contributed by atoms with Gasteiger partial charge >= 0.3 is 0 Å². The van der Waals surface area contributed by atoms with Crippen LogP contribution in [0.3, 0.4) is 0 Å². The summed E-state index contributed by atoms with van der Waals surface area (Å²) in [6.45, 7) is 13.0. The van der Waals surface area contributed by atoms with Gasteiger partial charge in [-0.1, -0.05) is 46.2 Å². The molecule has 3 rings (SSSR count). The maximum Gasteiger partial charge on any atom is 0.147 e. The molecule has 2 aromatic heterocycles. The van der Waals surface area contributed by atoms with E-state index in [1.54, 1.807) is 12.4 Å². The van der Waals surface area contributed by atoms with Gasteiger partial charge in [0.15, 0.2) is 0 Å². The third-order valence-corrected chi connectivity index (χ3v) is 5.07. The van der Waals surface area contributed by atoms with E-state index in [-0.39, 0.29) is 16.9 Å². The van der Waals surface area contributed by atoms with Gasteiger partial charge in [0.1, 0.15) is 11.0 Å². The lowest BCUT2D eigenvalue weighted by Gasteiger charge is -2.37. The van der Waals surface area contributed by atoms with Crippen LogP contribution in [0.5, 0.6) is 0 Å². The number of ether oxygens (including phenoxy) is 1. The fourth-order valence-electron chi connectivity index (χ4n) is 3.26. The first-order valence-corrected chi connectivity index (χ1v) is 9.70. The van der Waals surface area contributed by atoms with Crippen molar-refractivity contribution in [2.45, 2.75) is 58.0 Å². The Kier molecular flexibility index (Phi) is 5.68. The second-order valence-electron chi connectivity index (χ2n) is 8.77. The largest absolute Gasteiger partial charge is 0.375 e. The van der Waals surface area contributed by atoms with Crippen LogP contribution >= 0.6 is 11.6 Å². The molecule has 0 aromatic carbocycles. The molecule has 1 saturated heterocycles. The molecule has 3 heterocycles. The molecule has 0 aliphatic carbocycles. The quantitative estimate of drug-likeness (QED) is 0.792. The summed E-state index contributed by atoms with van der Waals surface area (Å²) in [6.07, 6.45) is 7.93. The molecule has 0 radical (unpaired) electrons. The van der Waals surface area contributed by atoms with Gasteiger partial charge in [-0.3, -0.25) is 9.97 Å². The van der Waals surface area contributed by atoms with E-state index in [2.05, 4.69) is 54.5 Å². The van der Waals surface area contributed by atoms with Crippen molar-refractivity contribution in [1.29, 1.82) is 0 Å². The Balaban J connectivity index is 1.73. The van der Waals surface area contributed by atoms with Crippen molar-refractivity contribution in [1.82, 2.24) is 19.9 Å². The molecule has 2 aromatic rings. The standard InChI is InChI=1S/C20H28ClN5O/c1-19(2,3)15-9-23-12-18(25-15)26-6-7-27-14(13-26)8-20(4,5)16-10-22-11-17(21)24-16/h9-12,14H,6-8,13H2,1-5H3. The smallest absolute Gasteiger partial charge is 0.147 e. The van der Waals surface area contributed by atoms with E-state index in [0.29, 0.717) is 11.8 Å². The van der Waals surface area contributed by atoms with Crippen molar-refractivity contribution in [2.75, 3.05) is 24.6 Å². The Morgan fingerprint density at radius 3 is 2.44 bits per heavy atom. The van der Waals surface area contributed by atoms with Crippen molar-refractivity contribution < 1.29 is 4.74 Å². The lowest BCUT2D eigenvalue weighted by molar-refractivity contribution is 0.0223. The Morgan fingerprint density at radius 1 is 1.04 bits per heavy atom. The van der Waals surface area contributed by atoms with Gasteiger partial charge in [-0.2, -0.15) is 0 Å². The first kappa shape index (κ1) is 20.0. The molecule has 146 valence electrons. The Labute approximate surface area is 166 Å². The highest BCUT2D eigenvalue weighted by Gasteiger charge is 2.31. The van der Waals surface area contributed by atoms with Gasteiger partial charge in [0.05, 0.1) is 36.5 Å². The Hall–Kier alpha value is -1.79. The van der Waals surface area contributed by atoms with Crippen LogP contribution < -0.4 is 4.90 Å². The fourth-order valence-corrected chi connectivity index (χ4v) is 3.41. The summed E-state index contributed by atoms with van der Waals surface area (Å²) in [5, 5.41) is 0.418. The highest BCUT2D eigenvalue weighted by atomic mass is 35.5. The number of halogens is 1. The van der Waals surface area contributed by atoms with Crippen LogP contribution in [0.2, 0.25) is 5.15 Å². The molecule has 0 N–H and O–H groups in total. The van der Waals surface area contributed by atoms with E-state index in [1.165, 1.54) is 0 Å². The lowest BCUT2D eigenvalue weighted by atomic mass is 9.83. The molecule has 1 aliphatic heterocycles. The third kappa shape index (κ3) is 4.93. The van der Waals surface area contributed by atoms with Gasteiger partial charge in [0, 0.05) is 36.3 Å². The van der Waals surface area contributed by atoms with E-state index in [4.69, 9.17) is 21.3 Å². The molecular weight excluding hydrogens is 362 g/mol. The molecule has 7 heteroatoms. The van der Waals surface area contributed by atoms with Crippen LogP contribution in [0.15, 0.2) is 24.8 Å². The number of hydrogen-bond donors (Lipinski definition) is 0. The molecule has 1 aliphatic rings. The molecule has 1 unspecified atom stereocenters. The second-order valence-corrected chi connectivity index (χ2v) is 9.15. The molecule has 0 spiro atoms. The van der Waals surface area contributed by atoms with E-state index in [0.717, 1.165) is 36.7 Å². The number of hydrogen-bond acceptors (Lipinski definition) is 6. The maximum absolute atomic E-state index is 6.04. The molecule has 0 amide bonds. The lowest BCUT2D eigenvalue weighted by Crippen LogP contribution is -2.45. The second kappa shape index (κ2) is 7.68. The molecule has 6 nitrogen and oxygen atoms in total. The first-order valence-electron chi connectivity index (χ1n) is 9.32. The van der Waals surface area contributed by atoms with Crippen LogP contribution in [0.25, 0.3) is 0 Å². The van der Waals surface area contributed by atoms with E-state index in [1.807, 2.05) is 12.4 Å². The maximum atomic E-state index is 6.04. The number of morpholine rings is 1. The number of rotatable bonds is 4. The summed E-state index contributed by atoms with van der Waals surface area (Å²) in [5.74, 6) is 0.913. The van der Waals surface area contributed by atoms with Gasteiger partial charge in [0.25, 0.3) is 0 Å². The zero-order valence-electron chi connectivity index (χ0n) is 16.7. The molecule has 0 saturated carbocycles. The van der Waals surface area contributed by atoms with Crippen molar-refractivity contribution in [3.8, 4) is 0 Å². The minimum atomic E-state index is -0.190. The van der Waals surface area contributed by atoms with E-state index < -0.39 is 0 Å². The average Bonchev–Trinajstić information content (AvgIpc) is 2.61. The van der Waals surface area contributed by atoms with Gasteiger partial charge in [-0.25, -0.2) is 9.97 Å². The average molecular weight is 390 g/mol. The minimum Gasteiger partial charge on any atom is -0.375 e. The summed E-state index contributed by atoms with van der Waals surface area (Å²) in [6, 6.07) is 0. The van der Waals surface area contributed by atoms with Gasteiger partial charge in [-0.15, -0.1) is 0 Å². The predicted octanol–water partition coefficient (Wildman–Crippen LogP) is 3.79. The number of aromatic nitrogens is 4. The molecule has 1 atom stereocenters. The summed E-state index contributed by atoms with van der Waals surface area (Å²) in [7, 11) is 0. The number of nitrogens with zero attached hydrogens (tertiary/aromatic N) is 5. The molecule has 27 heavy (non-hydrogen) atoms. The number of anilines is 1. The Bertz CT molecular complexity index is 790. The van der Waals surface area contributed by atoms with Gasteiger partial charge < -0.3 is 9.64 Å². The summed E-state index contributed by atoms with van der Waals surface area (Å²) < 4.78 is 6.04. The van der Waals surface area contributed by atoms with Crippen molar-refractivity contribution in [3.63, 3.8) is 0 Å². The first-order chi connectivity index (χ1) is 12.6. The minimum absolute atomic E-state index is 0.0259. The fraction of sp³-hybridized carbons (Fsp3) is 0.600. The topological polar surface area (TPSA) is 64.0 Å². The normalized spacial score (nSPS) is 18.6. The van der Waals surface area contributed by atoms with E-state index >= 15 is 0 Å². The van der Waals surface area contributed by atoms with Crippen molar-refractivity contribution in [2.24, 2.45) is 0 Å². The van der Waals surface area contributed by atoms with Crippen LogP contribution in [-0.2, 0) is 15.6 Å². The molecule has 0 bridgehead atoms. The Morgan fingerprint density at radius 2 is 1.74 bits per heavy atom. The van der Waals surface area contributed by atoms with Crippen LogP contribution in [0.4, 0.5) is 5.82 Å². The van der Waals surface area contributed by atoms with Crippen LogP contribution in [0, 0.1) is 0 Å². The van der Waals surface area contributed by atoms with Gasteiger partial charge in [-0.05, 0) is 6.42 Å². The summed E-state index contributed by atoms with van der Waals surface area (Å²) in [4.78, 5) is 20.1. The third-order valence-electron chi connectivity index (χ3n) is 4.89. The zero-order valence-corrected chi connectivity index (χ0v) is 17.5. The molecule has 1 fully saturated rings. The molecular formula is C20H28ClN5O.